The van der Waals surface area contributed by atoms with E-state index in [0.29, 0.717) is 17.7 Å². The van der Waals surface area contributed by atoms with Gasteiger partial charge in [-0.25, -0.2) is 4.79 Å². The van der Waals surface area contributed by atoms with Crippen LogP contribution in [0.2, 0.25) is 0 Å². The van der Waals surface area contributed by atoms with Crippen LogP contribution in [0.15, 0.2) is 18.2 Å². The summed E-state index contributed by atoms with van der Waals surface area (Å²) in [6, 6.07) is 4.79. The normalized spacial score (nSPS) is 11.2. The number of hydrogen-bond acceptors (Lipinski definition) is 3. The van der Waals surface area contributed by atoms with Gasteiger partial charge in [0.05, 0.1) is 0 Å². The van der Waals surface area contributed by atoms with Crippen molar-refractivity contribution < 1.29 is 19.5 Å². The van der Waals surface area contributed by atoms with E-state index < -0.39 is 17.5 Å². The lowest BCUT2D eigenvalue weighted by atomic mass is 9.99. The predicted octanol–water partition coefficient (Wildman–Crippen LogP) is 3.24. The Morgan fingerprint density at radius 2 is 1.85 bits per heavy atom. The molecule has 7 heteroatoms. The number of nitrogens with one attached hydrogen (secondary N) is 2. The van der Waals surface area contributed by atoms with Crippen molar-refractivity contribution in [3.8, 4) is 0 Å². The summed E-state index contributed by atoms with van der Waals surface area (Å²) in [5.74, 6) is -1.01. The number of carbonyl (C=O) groups excluding carboxylic acids is 2. The Kier molecular flexibility index (Phi) is 7.18. The summed E-state index contributed by atoms with van der Waals surface area (Å²) < 4.78 is 0. The Hall–Kier alpha value is -2.57. The molecule has 1 aromatic carbocycles. The number of hydrogen-bond donors (Lipinski definition) is 3. The van der Waals surface area contributed by atoms with Crippen molar-refractivity contribution in [1.29, 1.82) is 0 Å². The molecule has 0 bridgehead atoms. The number of nitrogens with zero attached hydrogens (tertiary/aromatic N) is 1. The highest BCUT2D eigenvalue weighted by molar-refractivity contribution is 5.98. The number of rotatable bonds is 7. The summed E-state index contributed by atoms with van der Waals surface area (Å²) in [7, 11) is 1.74. The number of amides is 3. The Labute approximate surface area is 154 Å². The lowest BCUT2D eigenvalue weighted by molar-refractivity contribution is -0.137. The zero-order chi connectivity index (χ0) is 20.1. The number of carbonyl (C=O) groups is 3. The van der Waals surface area contributed by atoms with E-state index in [1.165, 1.54) is 0 Å². The summed E-state index contributed by atoms with van der Waals surface area (Å²) in [4.78, 5) is 37.1. The molecule has 7 nitrogen and oxygen atoms in total. The molecule has 0 aliphatic carbocycles. The van der Waals surface area contributed by atoms with Gasteiger partial charge in [-0.3, -0.25) is 9.59 Å². The van der Waals surface area contributed by atoms with Crippen LogP contribution >= 0.6 is 0 Å². The van der Waals surface area contributed by atoms with Crippen molar-refractivity contribution in [2.45, 2.75) is 59.0 Å². The summed E-state index contributed by atoms with van der Waals surface area (Å²) in [5, 5.41) is 14.2. The van der Waals surface area contributed by atoms with Crippen molar-refractivity contribution in [3.63, 3.8) is 0 Å². The highest BCUT2D eigenvalue weighted by Gasteiger charge is 2.22. The number of aryl methyl sites for hydroxylation is 1. The first-order chi connectivity index (χ1) is 11.9. The summed E-state index contributed by atoms with van der Waals surface area (Å²) in [6.07, 6.45) is 0.282. The molecule has 0 unspecified atom stereocenters. The van der Waals surface area contributed by atoms with E-state index >= 15 is 0 Å². The first kappa shape index (κ1) is 21.5. The van der Waals surface area contributed by atoms with Gasteiger partial charge >= 0.3 is 12.0 Å². The molecular weight excluding hydrogens is 334 g/mol. The van der Waals surface area contributed by atoms with E-state index in [0.717, 1.165) is 5.56 Å². The van der Waals surface area contributed by atoms with E-state index in [2.05, 4.69) is 10.6 Å². The molecule has 0 aromatic heterocycles. The van der Waals surface area contributed by atoms with Gasteiger partial charge in [0.2, 0.25) is 0 Å². The molecule has 1 rings (SSSR count). The standard InChI is InChI=1S/C19H29N3O4/c1-12(2)22(6)17(25)15-11-14(8-7-13(15)3)20-18(26)21-19(4,5)10-9-16(23)24/h7-8,11-12H,9-10H2,1-6H3,(H,23,24)(H2,20,21,26). The Morgan fingerprint density at radius 3 is 2.38 bits per heavy atom. The fourth-order valence-electron chi connectivity index (χ4n) is 2.31. The van der Waals surface area contributed by atoms with Crippen molar-refractivity contribution >= 4 is 23.6 Å². The Morgan fingerprint density at radius 1 is 1.23 bits per heavy atom. The van der Waals surface area contributed by atoms with Crippen molar-refractivity contribution in [2.24, 2.45) is 0 Å². The average Bonchev–Trinajstić information content (AvgIpc) is 2.52. The molecule has 0 heterocycles. The zero-order valence-corrected chi connectivity index (χ0v) is 16.3. The zero-order valence-electron chi connectivity index (χ0n) is 16.3. The molecule has 0 spiro atoms. The van der Waals surface area contributed by atoms with Gasteiger partial charge in [-0.1, -0.05) is 6.07 Å². The smallest absolute Gasteiger partial charge is 0.319 e. The summed E-state index contributed by atoms with van der Waals surface area (Å²) in [5.41, 5.74) is 1.20. The first-order valence-corrected chi connectivity index (χ1v) is 8.61. The van der Waals surface area contributed by atoms with Gasteiger partial charge in [0.15, 0.2) is 0 Å². The summed E-state index contributed by atoms with van der Waals surface area (Å²) in [6.45, 7) is 9.23. The van der Waals surface area contributed by atoms with Crippen LogP contribution in [0.1, 0.15) is 56.5 Å². The fraction of sp³-hybridized carbons (Fsp3) is 0.526. The lowest BCUT2D eigenvalue weighted by Gasteiger charge is -2.26. The third kappa shape index (κ3) is 6.38. The SMILES string of the molecule is Cc1ccc(NC(=O)NC(C)(C)CCC(=O)O)cc1C(=O)N(C)C(C)C. The summed E-state index contributed by atoms with van der Waals surface area (Å²) >= 11 is 0. The molecule has 0 saturated heterocycles. The molecule has 0 atom stereocenters. The number of carboxylic acid groups (broad SMARTS) is 1. The third-order valence-electron chi connectivity index (χ3n) is 4.24. The van der Waals surface area contributed by atoms with E-state index in [1.807, 2.05) is 20.8 Å². The van der Waals surface area contributed by atoms with Gasteiger partial charge in [0.1, 0.15) is 0 Å². The molecule has 26 heavy (non-hydrogen) atoms. The van der Waals surface area contributed by atoms with Crippen LogP contribution < -0.4 is 10.6 Å². The minimum atomic E-state index is -0.906. The maximum atomic E-state index is 12.6. The average molecular weight is 363 g/mol. The minimum Gasteiger partial charge on any atom is -0.481 e. The van der Waals surface area contributed by atoms with E-state index in [1.54, 1.807) is 44.0 Å². The van der Waals surface area contributed by atoms with Crippen LogP contribution in [0.25, 0.3) is 0 Å². The van der Waals surface area contributed by atoms with E-state index in [4.69, 9.17) is 5.11 Å². The van der Waals surface area contributed by atoms with Gasteiger partial charge in [0.25, 0.3) is 5.91 Å². The number of anilines is 1. The first-order valence-electron chi connectivity index (χ1n) is 8.61. The van der Waals surface area contributed by atoms with Gasteiger partial charge in [-0.05, 0) is 58.7 Å². The number of carboxylic acids is 1. The third-order valence-corrected chi connectivity index (χ3v) is 4.24. The molecule has 0 fully saturated rings. The van der Waals surface area contributed by atoms with Crippen LogP contribution in [-0.2, 0) is 4.79 Å². The number of benzene rings is 1. The van der Waals surface area contributed by atoms with Gasteiger partial charge in [0, 0.05) is 36.3 Å². The van der Waals surface area contributed by atoms with Crippen LogP contribution in [0.4, 0.5) is 10.5 Å². The van der Waals surface area contributed by atoms with Crippen molar-refractivity contribution in [3.05, 3.63) is 29.3 Å². The second-order valence-corrected chi connectivity index (χ2v) is 7.40. The topological polar surface area (TPSA) is 98.7 Å². The van der Waals surface area contributed by atoms with Crippen LogP contribution in [-0.4, -0.2) is 46.5 Å². The monoisotopic (exact) mass is 363 g/mol. The molecule has 0 aliphatic rings. The van der Waals surface area contributed by atoms with Crippen molar-refractivity contribution in [2.75, 3.05) is 12.4 Å². The van der Waals surface area contributed by atoms with Crippen LogP contribution in [0.5, 0.6) is 0 Å². The quantitative estimate of drug-likeness (QED) is 0.692. The minimum absolute atomic E-state index is 0.0298. The van der Waals surface area contributed by atoms with Crippen LogP contribution in [0, 0.1) is 6.92 Å². The van der Waals surface area contributed by atoms with Gasteiger partial charge in [-0.2, -0.15) is 0 Å². The van der Waals surface area contributed by atoms with Crippen molar-refractivity contribution in [1.82, 2.24) is 10.2 Å². The number of urea groups is 1. The molecule has 144 valence electrons. The Balaban J connectivity index is 2.84. The van der Waals surface area contributed by atoms with E-state index in [9.17, 15) is 14.4 Å². The second-order valence-electron chi connectivity index (χ2n) is 7.40. The van der Waals surface area contributed by atoms with Gasteiger partial charge in [-0.15, -0.1) is 0 Å². The van der Waals surface area contributed by atoms with E-state index in [-0.39, 0.29) is 18.4 Å². The predicted molar refractivity (Wildman–Crippen MR) is 102 cm³/mol. The van der Waals surface area contributed by atoms with Crippen LogP contribution in [0.3, 0.4) is 0 Å². The molecule has 0 radical (unpaired) electrons. The fourth-order valence-corrected chi connectivity index (χ4v) is 2.31. The molecule has 3 N–H and O–H groups in total. The molecular formula is C19H29N3O4. The molecule has 1 aromatic rings. The molecule has 3 amide bonds. The van der Waals surface area contributed by atoms with Gasteiger partial charge < -0.3 is 20.6 Å². The second kappa shape index (κ2) is 8.69. The highest BCUT2D eigenvalue weighted by atomic mass is 16.4. The largest absolute Gasteiger partial charge is 0.481 e. The lowest BCUT2D eigenvalue weighted by Crippen LogP contribution is -2.45. The maximum absolute atomic E-state index is 12.6. The maximum Gasteiger partial charge on any atom is 0.319 e. The molecule has 0 aliphatic heterocycles. The molecule has 0 saturated carbocycles. The number of aliphatic carboxylic acids is 1. The Bertz CT molecular complexity index is 683. The highest BCUT2D eigenvalue weighted by Crippen LogP contribution is 2.18.